The normalized spacial score (nSPS) is 10.2. The first-order valence-electron chi connectivity index (χ1n) is 7.76. The maximum absolute atomic E-state index is 4.33. The summed E-state index contributed by atoms with van der Waals surface area (Å²) in [6, 6.07) is 24.6. The lowest BCUT2D eigenvalue weighted by atomic mass is 10.0. The van der Waals surface area contributed by atoms with E-state index in [1.54, 1.807) is 6.33 Å². The third kappa shape index (κ3) is 2.88. The summed E-state index contributed by atoms with van der Waals surface area (Å²) in [5.41, 5.74) is 5.20. The fraction of sp³-hybridized carbons (Fsp3) is 0. The molecular formula is C22H14N2. The van der Waals surface area contributed by atoms with Crippen molar-refractivity contribution in [3.05, 3.63) is 96.4 Å². The minimum atomic E-state index is 0.890. The zero-order valence-electron chi connectivity index (χ0n) is 13.0. The summed E-state index contributed by atoms with van der Waals surface area (Å²) in [6.45, 7) is 0. The van der Waals surface area contributed by atoms with Crippen molar-refractivity contribution in [3.8, 4) is 23.0 Å². The molecular weight excluding hydrogens is 292 g/mol. The molecule has 1 aromatic heterocycles. The van der Waals surface area contributed by atoms with Gasteiger partial charge in [-0.2, -0.15) is 0 Å². The highest BCUT2D eigenvalue weighted by molar-refractivity contribution is 5.83. The Hall–Kier alpha value is -3.44. The first kappa shape index (κ1) is 14.2. The molecule has 3 aromatic carbocycles. The zero-order chi connectivity index (χ0) is 16.2. The lowest BCUT2D eigenvalue weighted by molar-refractivity contribution is 1.22. The van der Waals surface area contributed by atoms with Crippen LogP contribution >= 0.6 is 0 Å². The molecule has 0 aliphatic heterocycles. The van der Waals surface area contributed by atoms with Crippen molar-refractivity contribution >= 4 is 10.9 Å². The van der Waals surface area contributed by atoms with Gasteiger partial charge in [0.05, 0.1) is 11.1 Å². The SMILES string of the molecule is C(#Cc1cccc2cncnc12)c1ccc(-c2ccccc2)cc1. The maximum Gasteiger partial charge on any atom is 0.116 e. The summed E-state index contributed by atoms with van der Waals surface area (Å²) in [5, 5.41) is 1.00. The van der Waals surface area contributed by atoms with E-state index in [1.165, 1.54) is 11.1 Å². The Balaban J connectivity index is 1.66. The van der Waals surface area contributed by atoms with Gasteiger partial charge in [0.1, 0.15) is 6.33 Å². The van der Waals surface area contributed by atoms with Crippen molar-refractivity contribution in [1.29, 1.82) is 0 Å². The first-order chi connectivity index (χ1) is 11.9. The van der Waals surface area contributed by atoms with Gasteiger partial charge in [-0.3, -0.25) is 0 Å². The molecule has 0 saturated carbocycles. The number of hydrogen-bond donors (Lipinski definition) is 0. The summed E-state index contributed by atoms with van der Waals surface area (Å²) < 4.78 is 0. The Labute approximate surface area is 140 Å². The van der Waals surface area contributed by atoms with Crippen molar-refractivity contribution in [2.24, 2.45) is 0 Å². The van der Waals surface area contributed by atoms with Crippen molar-refractivity contribution in [1.82, 2.24) is 9.97 Å². The number of aromatic nitrogens is 2. The summed E-state index contributed by atoms with van der Waals surface area (Å²) in [7, 11) is 0. The van der Waals surface area contributed by atoms with Crippen LogP contribution < -0.4 is 0 Å². The van der Waals surface area contributed by atoms with Crippen LogP contribution in [0.1, 0.15) is 11.1 Å². The van der Waals surface area contributed by atoms with Crippen LogP contribution in [0, 0.1) is 11.8 Å². The van der Waals surface area contributed by atoms with Crippen LogP contribution in [0.25, 0.3) is 22.0 Å². The average Bonchev–Trinajstić information content (AvgIpc) is 2.67. The fourth-order valence-electron chi connectivity index (χ4n) is 2.63. The van der Waals surface area contributed by atoms with Gasteiger partial charge in [0, 0.05) is 17.1 Å². The van der Waals surface area contributed by atoms with E-state index in [0.29, 0.717) is 0 Å². The van der Waals surface area contributed by atoms with Crippen LogP contribution in [0.3, 0.4) is 0 Å². The van der Waals surface area contributed by atoms with Gasteiger partial charge < -0.3 is 0 Å². The van der Waals surface area contributed by atoms with Crippen molar-refractivity contribution in [2.45, 2.75) is 0 Å². The molecule has 0 fully saturated rings. The van der Waals surface area contributed by atoms with Crippen LogP contribution in [0.2, 0.25) is 0 Å². The molecule has 112 valence electrons. The molecule has 0 atom stereocenters. The summed E-state index contributed by atoms with van der Waals surface area (Å²) >= 11 is 0. The average molecular weight is 306 g/mol. The number of nitrogens with zero attached hydrogens (tertiary/aromatic N) is 2. The highest BCUT2D eigenvalue weighted by Gasteiger charge is 1.99. The molecule has 1 heterocycles. The van der Waals surface area contributed by atoms with Crippen LogP contribution in [-0.4, -0.2) is 9.97 Å². The van der Waals surface area contributed by atoms with Crippen molar-refractivity contribution < 1.29 is 0 Å². The third-order valence-electron chi connectivity index (χ3n) is 3.87. The molecule has 0 bridgehead atoms. The van der Waals surface area contributed by atoms with Gasteiger partial charge in [-0.1, -0.05) is 66.4 Å². The van der Waals surface area contributed by atoms with Crippen LogP contribution in [-0.2, 0) is 0 Å². The van der Waals surface area contributed by atoms with E-state index >= 15 is 0 Å². The second-order valence-electron chi connectivity index (χ2n) is 5.46. The molecule has 24 heavy (non-hydrogen) atoms. The minimum absolute atomic E-state index is 0.890. The van der Waals surface area contributed by atoms with Gasteiger partial charge in [-0.15, -0.1) is 0 Å². The molecule has 0 saturated heterocycles. The quantitative estimate of drug-likeness (QED) is 0.476. The molecule has 0 spiro atoms. The zero-order valence-corrected chi connectivity index (χ0v) is 13.0. The molecule has 0 unspecified atom stereocenters. The number of rotatable bonds is 1. The van der Waals surface area contributed by atoms with Gasteiger partial charge in [0.25, 0.3) is 0 Å². The van der Waals surface area contributed by atoms with Crippen LogP contribution in [0.5, 0.6) is 0 Å². The lowest BCUT2D eigenvalue weighted by Crippen LogP contribution is -1.85. The number of benzene rings is 3. The second-order valence-corrected chi connectivity index (χ2v) is 5.46. The Morgan fingerprint density at radius 3 is 2.29 bits per heavy atom. The van der Waals surface area contributed by atoms with Crippen molar-refractivity contribution in [2.75, 3.05) is 0 Å². The summed E-state index contributed by atoms with van der Waals surface area (Å²) in [4.78, 5) is 8.39. The van der Waals surface area contributed by atoms with Gasteiger partial charge in [0.2, 0.25) is 0 Å². The molecule has 2 heteroatoms. The highest BCUT2D eigenvalue weighted by atomic mass is 14.8. The second kappa shape index (κ2) is 6.36. The van der Waals surface area contributed by atoms with E-state index in [1.807, 2.05) is 42.6 Å². The monoisotopic (exact) mass is 306 g/mol. The third-order valence-corrected chi connectivity index (χ3v) is 3.87. The molecule has 0 aliphatic carbocycles. The maximum atomic E-state index is 4.33. The Morgan fingerprint density at radius 2 is 1.46 bits per heavy atom. The van der Waals surface area contributed by atoms with E-state index in [0.717, 1.165) is 22.0 Å². The smallest absolute Gasteiger partial charge is 0.116 e. The predicted octanol–water partition coefficient (Wildman–Crippen LogP) is 4.70. The molecule has 0 amide bonds. The van der Waals surface area contributed by atoms with E-state index in [-0.39, 0.29) is 0 Å². The topological polar surface area (TPSA) is 25.8 Å². The minimum Gasteiger partial charge on any atom is -0.244 e. The molecule has 2 nitrogen and oxygen atoms in total. The Bertz CT molecular complexity index is 1030. The van der Waals surface area contributed by atoms with Crippen molar-refractivity contribution in [3.63, 3.8) is 0 Å². The van der Waals surface area contributed by atoms with Gasteiger partial charge in [-0.05, 0) is 29.3 Å². The predicted molar refractivity (Wildman–Crippen MR) is 97.4 cm³/mol. The van der Waals surface area contributed by atoms with E-state index in [9.17, 15) is 0 Å². The van der Waals surface area contributed by atoms with E-state index in [2.05, 4.69) is 58.2 Å². The summed E-state index contributed by atoms with van der Waals surface area (Å²) in [6.07, 6.45) is 3.37. The molecule has 0 radical (unpaired) electrons. The molecule has 0 N–H and O–H groups in total. The Morgan fingerprint density at radius 1 is 0.667 bits per heavy atom. The lowest BCUT2D eigenvalue weighted by Gasteiger charge is -2.01. The number of para-hydroxylation sites is 1. The highest BCUT2D eigenvalue weighted by Crippen LogP contribution is 2.19. The van der Waals surface area contributed by atoms with E-state index in [4.69, 9.17) is 0 Å². The molecule has 4 aromatic rings. The largest absolute Gasteiger partial charge is 0.244 e. The fourth-order valence-corrected chi connectivity index (χ4v) is 2.63. The van der Waals surface area contributed by atoms with Gasteiger partial charge >= 0.3 is 0 Å². The van der Waals surface area contributed by atoms with Gasteiger partial charge in [0.15, 0.2) is 0 Å². The number of hydrogen-bond acceptors (Lipinski definition) is 2. The Kier molecular flexibility index (Phi) is 3.75. The molecule has 4 rings (SSSR count). The van der Waals surface area contributed by atoms with Crippen LogP contribution in [0.15, 0.2) is 85.3 Å². The molecule has 0 aliphatic rings. The van der Waals surface area contributed by atoms with Crippen LogP contribution in [0.4, 0.5) is 0 Å². The van der Waals surface area contributed by atoms with E-state index < -0.39 is 0 Å². The summed E-state index contributed by atoms with van der Waals surface area (Å²) in [5.74, 6) is 6.44. The number of fused-ring (bicyclic) bond motifs is 1. The standard InChI is InChI=1S/C22H14N2/c1-2-5-18(6-3-1)19-12-9-17(10-13-19)11-14-20-7-4-8-21-15-23-16-24-22(20)21/h1-10,12-13,15-16H. The van der Waals surface area contributed by atoms with Gasteiger partial charge in [-0.25, -0.2) is 9.97 Å². The first-order valence-corrected chi connectivity index (χ1v) is 7.76.